The second-order valence-electron chi connectivity index (χ2n) is 11.8. The zero-order chi connectivity index (χ0) is 31.5. The average molecular weight is 604 g/mol. The van der Waals surface area contributed by atoms with Crippen LogP contribution in [0, 0.1) is 0 Å². The van der Waals surface area contributed by atoms with Crippen molar-refractivity contribution in [1.82, 2.24) is 0 Å². The predicted molar refractivity (Wildman–Crippen MR) is 177 cm³/mol. The number of carboxylic acids is 2. The first-order chi connectivity index (χ1) is 20.3. The van der Waals surface area contributed by atoms with Gasteiger partial charge in [-0.15, -0.1) is 0 Å². The summed E-state index contributed by atoms with van der Waals surface area (Å²) >= 11 is 0. The number of allylic oxidation sites excluding steroid dienone is 2. The Morgan fingerprint density at radius 2 is 0.837 bits per heavy atom. The smallest absolute Gasteiger partial charge is 0.550 e. The van der Waals surface area contributed by atoms with Gasteiger partial charge in [0.2, 0.25) is 0 Å². The van der Waals surface area contributed by atoms with Crippen LogP contribution < -0.4 is 10.2 Å². The molecule has 0 aliphatic rings. The van der Waals surface area contributed by atoms with Gasteiger partial charge < -0.3 is 30.0 Å². The van der Waals surface area contributed by atoms with E-state index in [9.17, 15) is 30.0 Å². The number of carboxylic acid groups (broad SMARTS) is 2. The topological polar surface area (TPSA) is 121 Å². The predicted octanol–water partition coefficient (Wildman–Crippen LogP) is 7.11. The van der Waals surface area contributed by atoms with Crippen molar-refractivity contribution >= 4 is 22.1 Å². The fraction of sp³-hybridized carbons (Fsp3) is 0.833. The minimum absolute atomic E-state index is 0. The van der Waals surface area contributed by atoms with Crippen LogP contribution in [0.25, 0.3) is 0 Å². The molecule has 7 heteroatoms. The molecule has 2 atom stereocenters. The fourth-order valence-corrected chi connectivity index (χ4v) is 4.72. The molecule has 0 aliphatic carbocycles. The minimum Gasteiger partial charge on any atom is -0.550 e. The van der Waals surface area contributed by atoms with E-state index in [4.69, 9.17) is 0 Å². The second kappa shape index (κ2) is 38.5. The van der Waals surface area contributed by atoms with E-state index in [2.05, 4.69) is 38.2 Å². The van der Waals surface area contributed by atoms with E-state index in [1.54, 1.807) is 0 Å². The van der Waals surface area contributed by atoms with Crippen LogP contribution in [-0.2, 0) is 9.59 Å². The molecule has 0 aromatic heterocycles. The molecule has 0 aromatic rings. The van der Waals surface area contributed by atoms with E-state index in [0.717, 1.165) is 116 Å². The van der Waals surface area contributed by atoms with Gasteiger partial charge in [0.25, 0.3) is 0 Å². The Morgan fingerprint density at radius 1 is 0.512 bits per heavy atom. The Hall–Kier alpha value is -1.49. The van der Waals surface area contributed by atoms with Gasteiger partial charge in [-0.1, -0.05) is 128 Å². The van der Waals surface area contributed by atoms with E-state index in [0.29, 0.717) is 0 Å². The van der Waals surface area contributed by atoms with Gasteiger partial charge in [-0.2, -0.15) is 0 Å². The monoisotopic (exact) mass is 603 g/mol. The maximum Gasteiger partial charge on any atom is 2.00 e. The summed E-state index contributed by atoms with van der Waals surface area (Å²) in [5.41, 5.74) is 0. The van der Waals surface area contributed by atoms with Gasteiger partial charge in [0, 0.05) is 11.9 Å². The molecule has 248 valence electrons. The van der Waals surface area contributed by atoms with Crippen molar-refractivity contribution in [3.05, 3.63) is 24.3 Å². The Morgan fingerprint density at radius 3 is 1.19 bits per heavy atom. The molecule has 0 heterocycles. The Labute approximate surface area is 269 Å². The third-order valence-electron chi connectivity index (χ3n) is 7.43. The molecule has 0 amide bonds. The summed E-state index contributed by atoms with van der Waals surface area (Å²) in [5.74, 6) is -1.88. The van der Waals surface area contributed by atoms with Crippen LogP contribution in [0.1, 0.15) is 181 Å². The molecule has 0 saturated heterocycles. The Kier molecular flexibility index (Phi) is 41.2. The van der Waals surface area contributed by atoms with Gasteiger partial charge >= 0.3 is 10.1 Å². The van der Waals surface area contributed by atoms with Gasteiger partial charge in [-0.05, 0) is 77.0 Å². The Bertz CT molecular complexity index is 583. The molecule has 0 radical (unpaired) electrons. The molecule has 43 heavy (non-hydrogen) atoms. The molecule has 0 bridgehead atoms. The summed E-state index contributed by atoms with van der Waals surface area (Å²) < 4.78 is 0. The van der Waals surface area contributed by atoms with Crippen LogP contribution in [0.4, 0.5) is 0 Å². The summed E-state index contributed by atoms with van der Waals surface area (Å²) in [6, 6.07) is 0. The number of carbonyl (C=O) groups is 2. The molecular weight excluding hydrogens is 537 g/mol. The van der Waals surface area contributed by atoms with Crippen molar-refractivity contribution in [2.75, 3.05) is 0 Å². The largest absolute Gasteiger partial charge is 2.00 e. The van der Waals surface area contributed by atoms with Crippen LogP contribution in [0.15, 0.2) is 24.3 Å². The number of rotatable bonds is 30. The molecule has 0 fully saturated rings. The first-order valence-corrected chi connectivity index (χ1v) is 17.4. The molecule has 0 saturated carbocycles. The van der Waals surface area contributed by atoms with Crippen molar-refractivity contribution < 1.29 is 30.0 Å². The van der Waals surface area contributed by atoms with Crippen LogP contribution in [0.2, 0.25) is 0 Å². The molecule has 0 aromatic carbocycles. The zero-order valence-corrected chi connectivity index (χ0v) is 28.1. The van der Waals surface area contributed by atoms with E-state index >= 15 is 0 Å². The van der Waals surface area contributed by atoms with Crippen molar-refractivity contribution in [2.24, 2.45) is 0 Å². The quantitative estimate of drug-likeness (QED) is 0.0513. The van der Waals surface area contributed by atoms with Crippen molar-refractivity contribution in [3.8, 4) is 0 Å². The third kappa shape index (κ3) is 45.1. The number of hydrogen-bond donors (Lipinski definition) is 2. The number of carbonyl (C=O) groups excluding carboxylic acids is 2. The first-order valence-electron chi connectivity index (χ1n) is 17.4. The summed E-state index contributed by atoms with van der Waals surface area (Å²) in [5, 5.41) is 40.0. The number of unbranched alkanes of at least 4 members (excludes halogenated alkanes) is 16. The van der Waals surface area contributed by atoms with E-state index in [-0.39, 0.29) is 35.2 Å². The van der Waals surface area contributed by atoms with Crippen molar-refractivity contribution in [1.29, 1.82) is 0 Å². The van der Waals surface area contributed by atoms with Crippen molar-refractivity contribution in [3.63, 3.8) is 0 Å². The van der Waals surface area contributed by atoms with Crippen LogP contribution in [0.5, 0.6) is 0 Å². The SMILES string of the molecule is CCCCCC[C@@H](O)C/C=C\CCCCCCCC(=O)[O-].CCCCCC[C@@H](O)C/C=C\CCCCCCCC(=O)[O-].[Be+2]. The maximum absolute atomic E-state index is 10.2. The number of hydrogen-bond acceptors (Lipinski definition) is 6. The average Bonchev–Trinajstić information content (AvgIpc) is 2.95. The second-order valence-corrected chi connectivity index (χ2v) is 11.8. The number of aliphatic hydroxyl groups excluding tert-OH is 2. The number of aliphatic carboxylic acids is 2. The molecule has 6 nitrogen and oxygen atoms in total. The summed E-state index contributed by atoms with van der Waals surface area (Å²) in [4.78, 5) is 20.4. The van der Waals surface area contributed by atoms with Gasteiger partial charge in [-0.3, -0.25) is 0 Å². The van der Waals surface area contributed by atoms with Crippen LogP contribution in [0.3, 0.4) is 0 Å². The third-order valence-corrected chi connectivity index (χ3v) is 7.43. The molecule has 0 aliphatic heterocycles. The Balaban J connectivity index is -0.000000727. The fourth-order valence-electron chi connectivity index (χ4n) is 4.72. The molecule has 0 unspecified atom stereocenters. The van der Waals surface area contributed by atoms with Gasteiger partial charge in [-0.25, -0.2) is 0 Å². The summed E-state index contributed by atoms with van der Waals surface area (Å²) in [7, 11) is 0. The van der Waals surface area contributed by atoms with Gasteiger partial charge in [0.15, 0.2) is 0 Å². The molecule has 0 rings (SSSR count). The van der Waals surface area contributed by atoms with Gasteiger partial charge in [0.05, 0.1) is 12.2 Å². The summed E-state index contributed by atoms with van der Waals surface area (Å²) in [6.45, 7) is 4.39. The van der Waals surface area contributed by atoms with E-state index in [1.807, 2.05) is 0 Å². The standard InChI is InChI=1S/2C18H34O3.Be/c2*1-2-3-4-11-14-17(19)15-12-9-7-5-6-8-10-13-16-18(20)21;/h2*9,12,17,19H,2-8,10-11,13-16H2,1H3,(H,20,21);/q;;+2/p-2/b2*12-9-;/t2*17-;/m11./s1. The molecular formula is C36H66BeO6. The van der Waals surface area contributed by atoms with Crippen LogP contribution in [-0.4, -0.2) is 44.5 Å². The van der Waals surface area contributed by atoms with Crippen molar-refractivity contribution in [2.45, 2.75) is 193 Å². The van der Waals surface area contributed by atoms with Crippen LogP contribution >= 0.6 is 0 Å². The molecule has 2 N–H and O–H groups in total. The first kappa shape index (κ1) is 45.9. The number of aliphatic hydroxyl groups is 2. The zero-order valence-electron chi connectivity index (χ0n) is 28.1. The summed E-state index contributed by atoms with van der Waals surface area (Å²) in [6.07, 6.45) is 34.0. The van der Waals surface area contributed by atoms with E-state index < -0.39 is 11.9 Å². The maximum atomic E-state index is 10.2. The normalized spacial score (nSPS) is 12.6. The minimum atomic E-state index is -0.939. The van der Waals surface area contributed by atoms with E-state index in [1.165, 1.54) is 38.5 Å². The molecule has 0 spiro atoms. The van der Waals surface area contributed by atoms with Gasteiger partial charge in [0.1, 0.15) is 0 Å².